The van der Waals surface area contributed by atoms with Crippen LogP contribution in [0, 0.1) is 5.92 Å². The Labute approximate surface area is 162 Å². The van der Waals surface area contributed by atoms with Crippen molar-refractivity contribution in [3.05, 3.63) is 54.1 Å². The lowest BCUT2D eigenvalue weighted by Gasteiger charge is -2.29. The minimum atomic E-state index is 0. The molecule has 5 heteroatoms. The van der Waals surface area contributed by atoms with Gasteiger partial charge in [0.2, 0.25) is 0 Å². The molecular formula is C22H29N5. The molecule has 0 atom stereocenters. The molecule has 0 fully saturated rings. The molecule has 0 unspecified atom stereocenters. The van der Waals surface area contributed by atoms with Crippen LogP contribution in [0.3, 0.4) is 0 Å². The summed E-state index contributed by atoms with van der Waals surface area (Å²) in [6.07, 6.45) is 1.08. The number of aromatic nitrogens is 3. The van der Waals surface area contributed by atoms with Crippen molar-refractivity contribution >= 4 is 5.69 Å². The average Bonchev–Trinajstić information content (AvgIpc) is 3.06. The topological polar surface area (TPSA) is 46.0 Å². The van der Waals surface area contributed by atoms with Crippen LogP contribution in [0.25, 0.3) is 22.5 Å². The predicted molar refractivity (Wildman–Crippen MR) is 112 cm³/mol. The first kappa shape index (κ1) is 19.1. The van der Waals surface area contributed by atoms with Crippen LogP contribution in [-0.4, -0.2) is 22.0 Å². The summed E-state index contributed by atoms with van der Waals surface area (Å²) in [7, 11) is 1.97. The summed E-state index contributed by atoms with van der Waals surface area (Å²) < 4.78 is 2.07. The van der Waals surface area contributed by atoms with Gasteiger partial charge in [-0.3, -0.25) is 0 Å². The van der Waals surface area contributed by atoms with E-state index < -0.39 is 0 Å². The van der Waals surface area contributed by atoms with Crippen LogP contribution < -0.4 is 10.4 Å². The molecule has 142 valence electrons. The Balaban J connectivity index is 0.00000210. The van der Waals surface area contributed by atoms with E-state index in [0.29, 0.717) is 5.92 Å². The maximum atomic E-state index is 4.60. The molecule has 1 aromatic heterocycles. The Kier molecular flexibility index (Phi) is 5.61. The summed E-state index contributed by atoms with van der Waals surface area (Å²) in [4.78, 5) is 0. The smallest absolute Gasteiger partial charge is 0.121 e. The second-order valence-electron chi connectivity index (χ2n) is 7.18. The fourth-order valence-corrected chi connectivity index (χ4v) is 3.55. The van der Waals surface area contributed by atoms with Crippen molar-refractivity contribution in [1.29, 1.82) is 0 Å². The molecule has 27 heavy (non-hydrogen) atoms. The molecule has 3 aromatic rings. The molecule has 1 N–H and O–H groups in total. The highest BCUT2D eigenvalue weighted by Gasteiger charge is 2.25. The Morgan fingerprint density at radius 1 is 1.04 bits per heavy atom. The summed E-state index contributed by atoms with van der Waals surface area (Å²) in [5.74, 6) is 0.625. The monoisotopic (exact) mass is 363 g/mol. The second-order valence-corrected chi connectivity index (χ2v) is 7.18. The summed E-state index contributed by atoms with van der Waals surface area (Å²) in [5.41, 5.74) is 10.2. The van der Waals surface area contributed by atoms with Gasteiger partial charge in [0.25, 0.3) is 0 Å². The number of anilines is 1. The Bertz CT molecular complexity index is 913. The van der Waals surface area contributed by atoms with Crippen LogP contribution in [0.2, 0.25) is 0 Å². The molecule has 0 saturated heterocycles. The lowest BCUT2D eigenvalue weighted by molar-refractivity contribution is 0.481. The molecule has 0 amide bonds. The normalized spacial score (nSPS) is 12.5. The van der Waals surface area contributed by atoms with E-state index in [1.165, 1.54) is 11.1 Å². The number of hydrogen-bond acceptors (Lipinski definition) is 4. The zero-order valence-electron chi connectivity index (χ0n) is 15.6. The number of aryl methyl sites for hydroxylation is 1. The maximum Gasteiger partial charge on any atom is 0.121 e. The molecule has 2 heterocycles. The predicted octanol–water partition coefficient (Wildman–Crippen LogP) is 4.75. The summed E-state index contributed by atoms with van der Waals surface area (Å²) >= 11 is 0. The second kappa shape index (κ2) is 7.92. The lowest BCUT2D eigenvalue weighted by atomic mass is 9.96. The molecule has 1 aliphatic rings. The highest BCUT2D eigenvalue weighted by Crippen LogP contribution is 2.40. The van der Waals surface area contributed by atoms with E-state index in [2.05, 4.69) is 87.8 Å². The molecular weight excluding hydrogens is 334 g/mol. The van der Waals surface area contributed by atoms with Crippen molar-refractivity contribution in [2.75, 3.05) is 12.1 Å². The molecule has 1 aliphatic heterocycles. The van der Waals surface area contributed by atoms with Crippen LogP contribution in [0.1, 0.15) is 33.3 Å². The first-order chi connectivity index (χ1) is 12.7. The van der Waals surface area contributed by atoms with Gasteiger partial charge in [-0.05, 0) is 24.0 Å². The summed E-state index contributed by atoms with van der Waals surface area (Å²) in [6, 6.07) is 17.0. The van der Waals surface area contributed by atoms with Crippen LogP contribution in [-0.2, 0) is 13.1 Å². The number of hydrazine groups is 1. The van der Waals surface area contributed by atoms with Gasteiger partial charge in [-0.25, -0.2) is 10.1 Å². The van der Waals surface area contributed by atoms with Gasteiger partial charge < -0.3 is 5.01 Å². The van der Waals surface area contributed by atoms with Crippen LogP contribution >= 0.6 is 0 Å². The fourth-order valence-electron chi connectivity index (χ4n) is 3.55. The number of para-hydroxylation sites is 1. The Morgan fingerprint density at radius 3 is 2.48 bits per heavy atom. The van der Waals surface area contributed by atoms with Crippen LogP contribution in [0.5, 0.6) is 0 Å². The van der Waals surface area contributed by atoms with E-state index in [0.717, 1.165) is 42.1 Å². The standard InChI is InChI=1S/C21H25N5.CH4/c1-15(2)12-13-25-21-18-10-6-7-11-19(18)26(22-3)14-16-8-4-5-9-17(16)20(21)23-24-25;/h4-11,15,22H,12-14H2,1-3H3;1H4. The summed E-state index contributed by atoms with van der Waals surface area (Å²) in [6.45, 7) is 6.14. The van der Waals surface area contributed by atoms with Crippen molar-refractivity contribution in [2.45, 2.75) is 40.8 Å². The minimum Gasteiger partial charge on any atom is -0.304 e. The Morgan fingerprint density at radius 2 is 1.74 bits per heavy atom. The highest BCUT2D eigenvalue weighted by molar-refractivity contribution is 5.87. The molecule has 5 nitrogen and oxygen atoms in total. The third-order valence-corrected chi connectivity index (χ3v) is 4.97. The first-order valence-corrected chi connectivity index (χ1v) is 9.25. The number of hydrogen-bond donors (Lipinski definition) is 1. The number of nitrogens with zero attached hydrogens (tertiary/aromatic N) is 4. The highest BCUT2D eigenvalue weighted by atomic mass is 15.5. The molecule has 0 bridgehead atoms. The molecule has 0 aliphatic carbocycles. The van der Waals surface area contributed by atoms with Gasteiger partial charge in [0, 0.05) is 24.7 Å². The van der Waals surface area contributed by atoms with E-state index in [1.807, 2.05) is 7.05 Å². The third-order valence-electron chi connectivity index (χ3n) is 4.97. The van der Waals surface area contributed by atoms with Gasteiger partial charge in [-0.2, -0.15) is 0 Å². The van der Waals surface area contributed by atoms with Gasteiger partial charge in [0.1, 0.15) is 5.69 Å². The largest absolute Gasteiger partial charge is 0.304 e. The quantitative estimate of drug-likeness (QED) is 0.727. The minimum absolute atomic E-state index is 0. The van der Waals surface area contributed by atoms with Crippen molar-refractivity contribution < 1.29 is 0 Å². The molecule has 4 rings (SSSR count). The van der Waals surface area contributed by atoms with Crippen molar-refractivity contribution in [2.24, 2.45) is 5.92 Å². The number of nitrogens with one attached hydrogen (secondary N) is 1. The zero-order valence-corrected chi connectivity index (χ0v) is 15.6. The lowest BCUT2D eigenvalue weighted by Crippen LogP contribution is -2.35. The van der Waals surface area contributed by atoms with Crippen molar-refractivity contribution in [3.8, 4) is 22.5 Å². The third kappa shape index (κ3) is 3.47. The Hall–Kier alpha value is -2.66. The SMILES string of the molecule is C.CNN1Cc2ccccc2-c2nnn(CCC(C)C)c2-c2ccccc21. The number of benzene rings is 2. The number of fused-ring (bicyclic) bond motifs is 5. The van der Waals surface area contributed by atoms with Gasteiger partial charge >= 0.3 is 0 Å². The number of rotatable bonds is 4. The van der Waals surface area contributed by atoms with Crippen LogP contribution in [0.4, 0.5) is 5.69 Å². The first-order valence-electron chi connectivity index (χ1n) is 9.25. The van der Waals surface area contributed by atoms with Gasteiger partial charge in [-0.1, -0.05) is 69.0 Å². The fraction of sp³-hybridized carbons (Fsp3) is 0.364. The molecule has 2 aromatic carbocycles. The van der Waals surface area contributed by atoms with E-state index in [9.17, 15) is 0 Å². The average molecular weight is 364 g/mol. The van der Waals surface area contributed by atoms with E-state index in [4.69, 9.17) is 0 Å². The van der Waals surface area contributed by atoms with E-state index in [-0.39, 0.29) is 7.43 Å². The van der Waals surface area contributed by atoms with E-state index in [1.54, 1.807) is 0 Å². The summed E-state index contributed by atoms with van der Waals surface area (Å²) in [5, 5.41) is 11.3. The van der Waals surface area contributed by atoms with Gasteiger partial charge in [-0.15, -0.1) is 5.10 Å². The van der Waals surface area contributed by atoms with Crippen LogP contribution in [0.15, 0.2) is 48.5 Å². The van der Waals surface area contributed by atoms with Gasteiger partial charge in [0.05, 0.1) is 17.9 Å². The van der Waals surface area contributed by atoms with Crippen molar-refractivity contribution in [1.82, 2.24) is 20.4 Å². The molecule has 0 saturated carbocycles. The molecule has 0 spiro atoms. The zero-order chi connectivity index (χ0) is 18.1. The van der Waals surface area contributed by atoms with E-state index >= 15 is 0 Å². The van der Waals surface area contributed by atoms with Crippen molar-refractivity contribution in [3.63, 3.8) is 0 Å². The van der Waals surface area contributed by atoms with Gasteiger partial charge in [0.15, 0.2) is 0 Å². The molecule has 0 radical (unpaired) electrons. The maximum absolute atomic E-state index is 4.60.